The summed E-state index contributed by atoms with van der Waals surface area (Å²) in [6.45, 7) is 0. The molecule has 0 aliphatic heterocycles. The number of esters is 1. The second-order valence-electron chi connectivity index (χ2n) is 3.83. The zero-order chi connectivity index (χ0) is 8.72. The smallest absolute Gasteiger partial charge is 0.310 e. The van der Waals surface area contributed by atoms with Gasteiger partial charge in [0.15, 0.2) is 0 Å². The monoisotopic (exact) mass is 280 g/mol. The number of halogens is 1. The first-order valence-electron chi connectivity index (χ1n) is 4.46. The number of methoxy groups -OCH3 is 1. The molecule has 0 radical (unpaired) electrons. The van der Waals surface area contributed by atoms with Crippen LogP contribution in [-0.2, 0) is 9.53 Å². The summed E-state index contributed by atoms with van der Waals surface area (Å²) in [5, 5.41) is 0. The van der Waals surface area contributed by atoms with Gasteiger partial charge in [0, 0.05) is 3.92 Å². The van der Waals surface area contributed by atoms with Gasteiger partial charge in [-0.2, -0.15) is 0 Å². The Morgan fingerprint density at radius 3 is 2.58 bits per heavy atom. The Bertz CT molecular complexity index is 203. The lowest BCUT2D eigenvalue weighted by molar-refractivity contribution is -0.146. The van der Waals surface area contributed by atoms with Gasteiger partial charge in [0.2, 0.25) is 0 Å². The average Bonchev–Trinajstić information content (AvgIpc) is 2.63. The van der Waals surface area contributed by atoms with Gasteiger partial charge >= 0.3 is 5.97 Å². The molecule has 2 saturated carbocycles. The van der Waals surface area contributed by atoms with E-state index in [1.165, 1.54) is 26.4 Å². The van der Waals surface area contributed by atoms with Gasteiger partial charge in [0.1, 0.15) is 0 Å². The van der Waals surface area contributed by atoms with Gasteiger partial charge in [-0.05, 0) is 31.1 Å². The number of fused-ring (bicyclic) bond motifs is 2. The minimum atomic E-state index is 0.0154. The van der Waals surface area contributed by atoms with E-state index in [1.807, 2.05) is 0 Å². The van der Waals surface area contributed by atoms with Crippen LogP contribution in [0.5, 0.6) is 0 Å². The highest BCUT2D eigenvalue weighted by Gasteiger charge is 2.50. The van der Waals surface area contributed by atoms with E-state index in [2.05, 4.69) is 22.6 Å². The minimum absolute atomic E-state index is 0.0154. The molecule has 0 aromatic carbocycles. The van der Waals surface area contributed by atoms with Gasteiger partial charge in [0.05, 0.1) is 13.0 Å². The molecule has 0 spiro atoms. The van der Waals surface area contributed by atoms with Crippen LogP contribution in [0.4, 0.5) is 0 Å². The Balaban J connectivity index is 2.12. The molecule has 0 aromatic rings. The lowest BCUT2D eigenvalue weighted by atomic mass is 9.89. The quantitative estimate of drug-likeness (QED) is 0.417. The van der Waals surface area contributed by atoms with Crippen LogP contribution in [-0.4, -0.2) is 17.0 Å². The lowest BCUT2D eigenvalue weighted by Crippen LogP contribution is -2.30. The maximum atomic E-state index is 11.4. The fraction of sp³-hybridized carbons (Fsp3) is 0.889. The molecule has 2 aliphatic rings. The van der Waals surface area contributed by atoms with Crippen molar-refractivity contribution in [3.05, 3.63) is 0 Å². The number of carbonyl (C=O) groups is 1. The van der Waals surface area contributed by atoms with Crippen LogP contribution in [0.25, 0.3) is 0 Å². The first kappa shape index (κ1) is 8.78. The van der Waals surface area contributed by atoms with Gasteiger partial charge in [0.25, 0.3) is 0 Å². The van der Waals surface area contributed by atoms with Crippen LogP contribution in [0.1, 0.15) is 19.3 Å². The number of hydrogen-bond donors (Lipinski definition) is 0. The van der Waals surface area contributed by atoms with Crippen LogP contribution < -0.4 is 0 Å². The lowest BCUT2D eigenvalue weighted by Gasteiger charge is -2.24. The van der Waals surface area contributed by atoms with Crippen molar-refractivity contribution in [1.82, 2.24) is 0 Å². The summed E-state index contributed by atoms with van der Waals surface area (Å²) in [6, 6.07) is 0. The van der Waals surface area contributed by atoms with Crippen molar-refractivity contribution in [3.63, 3.8) is 0 Å². The van der Waals surface area contributed by atoms with E-state index in [0.717, 1.165) is 5.92 Å². The zero-order valence-corrected chi connectivity index (χ0v) is 9.28. The average molecular weight is 280 g/mol. The van der Waals surface area contributed by atoms with Crippen LogP contribution in [0, 0.1) is 17.8 Å². The summed E-state index contributed by atoms with van der Waals surface area (Å²) < 4.78 is 5.35. The van der Waals surface area contributed by atoms with E-state index < -0.39 is 0 Å². The molecular weight excluding hydrogens is 267 g/mol. The first-order chi connectivity index (χ1) is 5.74. The second-order valence-corrected chi connectivity index (χ2v) is 5.26. The Morgan fingerprint density at radius 1 is 1.42 bits per heavy atom. The number of alkyl halides is 1. The summed E-state index contributed by atoms with van der Waals surface area (Å²) >= 11 is 2.42. The Kier molecular flexibility index (Phi) is 2.31. The molecule has 2 fully saturated rings. The second kappa shape index (κ2) is 3.16. The molecule has 2 rings (SSSR count). The van der Waals surface area contributed by atoms with E-state index in [9.17, 15) is 4.79 Å². The maximum absolute atomic E-state index is 11.4. The van der Waals surface area contributed by atoms with Crippen molar-refractivity contribution >= 4 is 28.6 Å². The fourth-order valence-corrected chi connectivity index (χ4v) is 4.21. The van der Waals surface area contributed by atoms with Crippen molar-refractivity contribution in [2.75, 3.05) is 7.11 Å². The predicted octanol–water partition coefficient (Wildman–Crippen LogP) is 2.01. The van der Waals surface area contributed by atoms with E-state index >= 15 is 0 Å². The molecule has 0 saturated heterocycles. The van der Waals surface area contributed by atoms with Gasteiger partial charge in [-0.15, -0.1) is 0 Å². The van der Waals surface area contributed by atoms with Gasteiger partial charge in [-0.1, -0.05) is 22.6 Å². The molecule has 4 atom stereocenters. The van der Waals surface area contributed by atoms with Crippen molar-refractivity contribution in [2.45, 2.75) is 23.2 Å². The van der Waals surface area contributed by atoms with E-state index in [4.69, 9.17) is 4.74 Å². The van der Waals surface area contributed by atoms with Gasteiger partial charge < -0.3 is 4.74 Å². The number of hydrogen-bond acceptors (Lipinski definition) is 2. The summed E-state index contributed by atoms with van der Waals surface area (Å²) in [5.74, 6) is 1.64. The molecule has 0 aromatic heterocycles. The molecule has 0 heterocycles. The van der Waals surface area contributed by atoms with Crippen LogP contribution in [0.2, 0.25) is 0 Å². The Labute approximate surface area is 86.2 Å². The number of ether oxygens (including phenoxy) is 1. The Hall–Kier alpha value is 0.200. The van der Waals surface area contributed by atoms with E-state index in [1.54, 1.807) is 0 Å². The fourth-order valence-electron chi connectivity index (χ4n) is 2.68. The SMILES string of the molecule is COC(=O)C1C2CCC(C2)C1I. The normalized spacial score (nSPS) is 44.8. The topological polar surface area (TPSA) is 26.3 Å². The first-order valence-corrected chi connectivity index (χ1v) is 5.70. The molecule has 0 N–H and O–H groups in total. The predicted molar refractivity (Wildman–Crippen MR) is 54.1 cm³/mol. The molecule has 68 valence electrons. The maximum Gasteiger partial charge on any atom is 0.310 e. The highest BCUT2D eigenvalue weighted by molar-refractivity contribution is 14.1. The standard InChI is InChI=1S/C9H13IO2/c1-12-9(11)7-5-2-3-6(4-5)8(7)10/h5-8H,2-4H2,1H3. The van der Waals surface area contributed by atoms with Crippen molar-refractivity contribution in [3.8, 4) is 0 Å². The molecule has 2 nitrogen and oxygen atoms in total. The molecule has 2 bridgehead atoms. The molecule has 3 heteroatoms. The van der Waals surface area contributed by atoms with E-state index in [-0.39, 0.29) is 11.9 Å². The number of carbonyl (C=O) groups excluding carboxylic acids is 1. The largest absolute Gasteiger partial charge is 0.469 e. The van der Waals surface area contributed by atoms with Gasteiger partial charge in [-0.25, -0.2) is 0 Å². The van der Waals surface area contributed by atoms with Crippen molar-refractivity contribution < 1.29 is 9.53 Å². The highest BCUT2D eigenvalue weighted by Crippen LogP contribution is 2.52. The molecule has 0 amide bonds. The van der Waals surface area contributed by atoms with Crippen LogP contribution in [0.15, 0.2) is 0 Å². The summed E-state index contributed by atoms with van der Waals surface area (Å²) in [6.07, 6.45) is 3.82. The molecule has 4 unspecified atom stereocenters. The van der Waals surface area contributed by atoms with Crippen LogP contribution in [0.3, 0.4) is 0 Å². The Morgan fingerprint density at radius 2 is 2.08 bits per heavy atom. The third-order valence-electron chi connectivity index (χ3n) is 3.29. The third-order valence-corrected chi connectivity index (χ3v) is 5.08. The van der Waals surface area contributed by atoms with Gasteiger partial charge in [-0.3, -0.25) is 4.79 Å². The van der Waals surface area contributed by atoms with E-state index in [0.29, 0.717) is 9.84 Å². The summed E-state index contributed by atoms with van der Waals surface area (Å²) in [4.78, 5) is 11.4. The highest BCUT2D eigenvalue weighted by atomic mass is 127. The minimum Gasteiger partial charge on any atom is -0.469 e. The zero-order valence-electron chi connectivity index (χ0n) is 7.13. The van der Waals surface area contributed by atoms with Crippen molar-refractivity contribution in [1.29, 1.82) is 0 Å². The summed E-state index contributed by atoms with van der Waals surface area (Å²) in [7, 11) is 1.50. The van der Waals surface area contributed by atoms with Crippen LogP contribution >= 0.6 is 22.6 Å². The molecule has 2 aliphatic carbocycles. The summed E-state index contributed by atoms with van der Waals surface area (Å²) in [5.41, 5.74) is 0. The molecular formula is C9H13IO2. The van der Waals surface area contributed by atoms with Crippen molar-refractivity contribution in [2.24, 2.45) is 17.8 Å². The number of rotatable bonds is 1. The third kappa shape index (κ3) is 1.17. The molecule has 12 heavy (non-hydrogen) atoms.